The number of rotatable bonds is 5. The Balaban J connectivity index is 1.63. The second kappa shape index (κ2) is 6.76. The van der Waals surface area contributed by atoms with Crippen LogP contribution in [0.2, 0.25) is 0 Å². The fourth-order valence-corrected chi connectivity index (χ4v) is 2.33. The molecule has 0 amide bonds. The van der Waals surface area contributed by atoms with Gasteiger partial charge in [-0.2, -0.15) is 0 Å². The Bertz CT molecular complexity index is 359. The van der Waals surface area contributed by atoms with Crippen LogP contribution in [0.4, 0.5) is 0 Å². The van der Waals surface area contributed by atoms with Gasteiger partial charge in [0.25, 0.3) is 0 Å². The molecule has 1 heterocycles. The van der Waals surface area contributed by atoms with Crippen molar-refractivity contribution < 1.29 is 9.84 Å². The number of piperidine rings is 1. The van der Waals surface area contributed by atoms with Gasteiger partial charge < -0.3 is 14.7 Å². The van der Waals surface area contributed by atoms with Gasteiger partial charge in [0.2, 0.25) is 0 Å². The zero-order chi connectivity index (χ0) is 12.8. The summed E-state index contributed by atoms with van der Waals surface area (Å²) in [5.74, 6) is 0.992. The molecule has 0 aliphatic carbocycles. The predicted octanol–water partition coefficient (Wildman–Crippen LogP) is 2.22. The third-order valence-electron chi connectivity index (χ3n) is 3.53. The molecular formula is C15H23NO2. The summed E-state index contributed by atoms with van der Waals surface area (Å²) in [5.41, 5.74) is 1.19. The Morgan fingerprint density at radius 2 is 2.00 bits per heavy atom. The van der Waals surface area contributed by atoms with Crippen LogP contribution in [0.3, 0.4) is 0 Å². The number of hydrogen-bond acceptors (Lipinski definition) is 3. The summed E-state index contributed by atoms with van der Waals surface area (Å²) in [6.45, 7) is 5.95. The summed E-state index contributed by atoms with van der Waals surface area (Å²) in [5, 5.41) is 9.43. The molecule has 1 aromatic rings. The third kappa shape index (κ3) is 4.00. The lowest BCUT2D eigenvalue weighted by Crippen LogP contribution is -2.36. The Kier molecular flexibility index (Phi) is 5.02. The summed E-state index contributed by atoms with van der Waals surface area (Å²) in [7, 11) is 0. The molecule has 1 aliphatic rings. The normalized spacial score (nSPS) is 17.9. The highest BCUT2D eigenvalue weighted by Crippen LogP contribution is 2.16. The molecule has 1 aliphatic heterocycles. The monoisotopic (exact) mass is 249 g/mol. The van der Waals surface area contributed by atoms with Crippen molar-refractivity contribution in [3.8, 4) is 5.75 Å². The van der Waals surface area contributed by atoms with Gasteiger partial charge in [-0.3, -0.25) is 0 Å². The van der Waals surface area contributed by atoms with E-state index in [2.05, 4.69) is 17.9 Å². The van der Waals surface area contributed by atoms with Gasteiger partial charge in [-0.05, 0) is 37.8 Å². The first-order valence-electron chi connectivity index (χ1n) is 6.84. The van der Waals surface area contributed by atoms with Gasteiger partial charge >= 0.3 is 0 Å². The second-order valence-corrected chi connectivity index (χ2v) is 5.04. The van der Waals surface area contributed by atoms with Gasteiger partial charge in [-0.15, -0.1) is 0 Å². The van der Waals surface area contributed by atoms with Crippen LogP contribution in [0.25, 0.3) is 0 Å². The van der Waals surface area contributed by atoms with Crippen molar-refractivity contribution in [1.82, 2.24) is 4.90 Å². The van der Waals surface area contributed by atoms with Gasteiger partial charge in [0.05, 0.1) is 12.7 Å². The van der Waals surface area contributed by atoms with Gasteiger partial charge in [0, 0.05) is 19.6 Å². The van der Waals surface area contributed by atoms with Crippen molar-refractivity contribution in [2.24, 2.45) is 0 Å². The van der Waals surface area contributed by atoms with E-state index < -0.39 is 0 Å². The molecule has 1 N–H and O–H groups in total. The quantitative estimate of drug-likeness (QED) is 0.812. The number of aliphatic hydroxyl groups excluding tert-OH is 1. The van der Waals surface area contributed by atoms with E-state index in [1.807, 2.05) is 18.2 Å². The fourth-order valence-electron chi connectivity index (χ4n) is 2.33. The van der Waals surface area contributed by atoms with Crippen LogP contribution >= 0.6 is 0 Å². The van der Waals surface area contributed by atoms with E-state index in [1.165, 1.54) is 5.56 Å². The molecule has 0 aromatic heterocycles. The van der Waals surface area contributed by atoms with E-state index in [0.717, 1.165) is 51.3 Å². The molecule has 18 heavy (non-hydrogen) atoms. The van der Waals surface area contributed by atoms with Gasteiger partial charge in [-0.25, -0.2) is 0 Å². The van der Waals surface area contributed by atoms with Crippen LogP contribution in [-0.4, -0.2) is 42.4 Å². The zero-order valence-electron chi connectivity index (χ0n) is 11.1. The molecule has 1 saturated heterocycles. The highest BCUT2D eigenvalue weighted by molar-refractivity contribution is 5.31. The van der Waals surface area contributed by atoms with E-state index in [1.54, 1.807) is 0 Å². The zero-order valence-corrected chi connectivity index (χ0v) is 11.1. The average Bonchev–Trinajstić information content (AvgIpc) is 2.39. The van der Waals surface area contributed by atoms with Crippen LogP contribution < -0.4 is 4.74 Å². The lowest BCUT2D eigenvalue weighted by atomic mass is 10.1. The molecule has 0 spiro atoms. The summed E-state index contributed by atoms with van der Waals surface area (Å²) in [4.78, 5) is 2.41. The van der Waals surface area contributed by atoms with Crippen molar-refractivity contribution in [3.63, 3.8) is 0 Å². The standard InChI is InChI=1S/C15H23NO2/c1-13-5-2-3-6-15(13)18-12-4-9-16-10-7-14(17)8-11-16/h2-3,5-6,14,17H,4,7-12H2,1H3. The minimum atomic E-state index is -0.0792. The van der Waals surface area contributed by atoms with Crippen molar-refractivity contribution in [3.05, 3.63) is 29.8 Å². The van der Waals surface area contributed by atoms with Crippen LogP contribution in [0.1, 0.15) is 24.8 Å². The maximum atomic E-state index is 9.43. The lowest BCUT2D eigenvalue weighted by molar-refractivity contribution is 0.0800. The van der Waals surface area contributed by atoms with E-state index in [9.17, 15) is 5.11 Å². The molecule has 0 bridgehead atoms. The minimum Gasteiger partial charge on any atom is -0.493 e. The maximum absolute atomic E-state index is 9.43. The van der Waals surface area contributed by atoms with Crippen LogP contribution in [0.15, 0.2) is 24.3 Å². The largest absolute Gasteiger partial charge is 0.493 e. The van der Waals surface area contributed by atoms with E-state index in [-0.39, 0.29) is 6.10 Å². The molecule has 1 fully saturated rings. The Hall–Kier alpha value is -1.06. The number of aliphatic hydroxyl groups is 1. The molecule has 0 radical (unpaired) electrons. The van der Waals surface area contributed by atoms with Crippen LogP contribution in [-0.2, 0) is 0 Å². The number of benzene rings is 1. The summed E-state index contributed by atoms with van der Waals surface area (Å²) in [6, 6.07) is 8.13. The first-order valence-corrected chi connectivity index (χ1v) is 6.84. The van der Waals surface area contributed by atoms with E-state index in [0.29, 0.717) is 0 Å². The van der Waals surface area contributed by atoms with Gasteiger partial charge in [0.15, 0.2) is 0 Å². The first-order chi connectivity index (χ1) is 8.75. The molecule has 0 saturated carbocycles. The molecular weight excluding hydrogens is 226 g/mol. The van der Waals surface area contributed by atoms with Gasteiger partial charge in [-0.1, -0.05) is 18.2 Å². The van der Waals surface area contributed by atoms with Gasteiger partial charge in [0.1, 0.15) is 5.75 Å². The number of hydrogen-bond donors (Lipinski definition) is 1. The van der Waals surface area contributed by atoms with Crippen molar-refractivity contribution >= 4 is 0 Å². The molecule has 1 aromatic carbocycles. The summed E-state index contributed by atoms with van der Waals surface area (Å²) < 4.78 is 5.77. The van der Waals surface area contributed by atoms with Crippen molar-refractivity contribution in [2.45, 2.75) is 32.3 Å². The van der Waals surface area contributed by atoms with Crippen molar-refractivity contribution in [1.29, 1.82) is 0 Å². The number of para-hydroxylation sites is 1. The predicted molar refractivity (Wildman–Crippen MR) is 73.0 cm³/mol. The lowest BCUT2D eigenvalue weighted by Gasteiger charge is -2.29. The topological polar surface area (TPSA) is 32.7 Å². The third-order valence-corrected chi connectivity index (χ3v) is 3.53. The van der Waals surface area contributed by atoms with E-state index >= 15 is 0 Å². The SMILES string of the molecule is Cc1ccccc1OCCCN1CCC(O)CC1. The highest BCUT2D eigenvalue weighted by Gasteiger charge is 2.16. The van der Waals surface area contributed by atoms with Crippen LogP contribution in [0, 0.1) is 6.92 Å². The minimum absolute atomic E-state index is 0.0792. The Labute approximate surface area is 109 Å². The number of aryl methyl sites for hydroxylation is 1. The maximum Gasteiger partial charge on any atom is 0.122 e. The molecule has 100 valence electrons. The molecule has 3 heteroatoms. The fraction of sp³-hybridized carbons (Fsp3) is 0.600. The average molecular weight is 249 g/mol. The smallest absolute Gasteiger partial charge is 0.122 e. The molecule has 0 atom stereocenters. The molecule has 3 nitrogen and oxygen atoms in total. The number of nitrogens with zero attached hydrogens (tertiary/aromatic N) is 1. The Morgan fingerprint density at radius 3 is 2.72 bits per heavy atom. The molecule has 2 rings (SSSR count). The highest BCUT2D eigenvalue weighted by atomic mass is 16.5. The Morgan fingerprint density at radius 1 is 1.28 bits per heavy atom. The van der Waals surface area contributed by atoms with E-state index in [4.69, 9.17) is 4.74 Å². The summed E-state index contributed by atoms with van der Waals surface area (Å²) >= 11 is 0. The van der Waals surface area contributed by atoms with Crippen LogP contribution in [0.5, 0.6) is 5.75 Å². The number of likely N-dealkylation sites (tertiary alicyclic amines) is 1. The first kappa shape index (κ1) is 13.4. The van der Waals surface area contributed by atoms with Crippen molar-refractivity contribution in [2.75, 3.05) is 26.2 Å². The number of ether oxygens (including phenoxy) is 1. The summed E-state index contributed by atoms with van der Waals surface area (Å²) in [6.07, 6.45) is 2.80. The molecule has 0 unspecified atom stereocenters. The second-order valence-electron chi connectivity index (χ2n) is 5.04.